The van der Waals surface area contributed by atoms with Gasteiger partial charge in [-0.15, -0.1) is 0 Å². The van der Waals surface area contributed by atoms with E-state index in [0.717, 1.165) is 6.07 Å². The molecule has 0 amide bonds. The molecule has 0 spiro atoms. The molecule has 2 aromatic rings. The number of nitrogens with two attached hydrogens (primary N) is 1. The Morgan fingerprint density at radius 1 is 1.16 bits per heavy atom. The number of halogens is 3. The average molecular weight is 329 g/mol. The lowest BCUT2D eigenvalue weighted by Crippen LogP contribution is -1.99. The van der Waals surface area contributed by atoms with Gasteiger partial charge in [-0.3, -0.25) is 0 Å². The van der Waals surface area contributed by atoms with Crippen molar-refractivity contribution in [2.75, 3.05) is 18.2 Å². The maximum Gasteiger partial charge on any atom is 0.148 e. The molecule has 0 radical (unpaired) electrons. The highest BCUT2D eigenvalue weighted by Crippen LogP contribution is 2.31. The van der Waals surface area contributed by atoms with Crippen LogP contribution in [0.3, 0.4) is 0 Å². The first-order valence-corrected chi connectivity index (χ1v) is 6.15. The second kappa shape index (κ2) is 5.44. The third-order valence-electron chi connectivity index (χ3n) is 2.52. The summed E-state index contributed by atoms with van der Waals surface area (Å²) < 4.78 is 32.4. The summed E-state index contributed by atoms with van der Waals surface area (Å²) in [6.45, 7) is 0. The Morgan fingerprint density at radius 2 is 1.89 bits per heavy atom. The van der Waals surface area contributed by atoms with E-state index in [1.807, 2.05) is 0 Å². The molecule has 0 heterocycles. The van der Waals surface area contributed by atoms with Crippen LogP contribution in [0, 0.1) is 11.6 Å². The van der Waals surface area contributed by atoms with Crippen molar-refractivity contribution in [1.29, 1.82) is 0 Å². The number of hydrogen-bond acceptors (Lipinski definition) is 3. The molecular weight excluding hydrogens is 318 g/mol. The molecule has 0 aliphatic rings. The van der Waals surface area contributed by atoms with Crippen LogP contribution >= 0.6 is 15.9 Å². The van der Waals surface area contributed by atoms with Crippen molar-refractivity contribution in [3.05, 3.63) is 46.4 Å². The summed E-state index contributed by atoms with van der Waals surface area (Å²) >= 11 is 3.05. The lowest BCUT2D eigenvalue weighted by molar-refractivity contribution is 0.416. The smallest absolute Gasteiger partial charge is 0.148 e. The van der Waals surface area contributed by atoms with Crippen LogP contribution in [0.4, 0.5) is 25.8 Å². The molecule has 19 heavy (non-hydrogen) atoms. The van der Waals surface area contributed by atoms with Crippen molar-refractivity contribution in [3.63, 3.8) is 0 Å². The molecule has 0 unspecified atom stereocenters. The zero-order valence-corrected chi connectivity index (χ0v) is 11.6. The molecule has 0 saturated heterocycles. The molecule has 2 aromatic carbocycles. The van der Waals surface area contributed by atoms with Gasteiger partial charge in [-0.2, -0.15) is 0 Å². The van der Waals surface area contributed by atoms with E-state index in [2.05, 4.69) is 21.2 Å². The Labute approximate surface area is 117 Å². The Bertz CT molecular complexity index is 620. The highest BCUT2D eigenvalue weighted by atomic mass is 79.9. The standard InChI is InChI=1S/C13H11BrF2N2O/c1-19-13-6-12(10(16)5-11(13)17)18-7-2-3-8(14)9(15)4-7/h2-6,18H,17H2,1H3. The fourth-order valence-corrected chi connectivity index (χ4v) is 1.82. The van der Waals surface area contributed by atoms with Gasteiger partial charge < -0.3 is 15.8 Å². The SMILES string of the molecule is COc1cc(Nc2ccc(Br)c(F)c2)c(F)cc1N. The Hall–Kier alpha value is -1.82. The van der Waals surface area contributed by atoms with Crippen LogP contribution in [0.5, 0.6) is 5.75 Å². The molecule has 6 heteroatoms. The fraction of sp³-hybridized carbons (Fsp3) is 0.0769. The van der Waals surface area contributed by atoms with Crippen molar-refractivity contribution in [2.24, 2.45) is 0 Å². The topological polar surface area (TPSA) is 47.3 Å². The maximum absolute atomic E-state index is 13.7. The summed E-state index contributed by atoms with van der Waals surface area (Å²) in [4.78, 5) is 0. The quantitative estimate of drug-likeness (QED) is 0.835. The molecule has 0 aliphatic carbocycles. The first-order valence-electron chi connectivity index (χ1n) is 5.36. The molecule has 100 valence electrons. The van der Waals surface area contributed by atoms with Crippen molar-refractivity contribution in [1.82, 2.24) is 0 Å². The minimum absolute atomic E-state index is 0.160. The molecule has 0 saturated carbocycles. The van der Waals surface area contributed by atoms with Gasteiger partial charge in [-0.05, 0) is 34.1 Å². The summed E-state index contributed by atoms with van der Waals surface area (Å²) in [6, 6.07) is 6.98. The number of benzene rings is 2. The van der Waals surface area contributed by atoms with E-state index in [4.69, 9.17) is 10.5 Å². The highest BCUT2D eigenvalue weighted by Gasteiger charge is 2.09. The van der Waals surface area contributed by atoms with Crippen LogP contribution in [0.25, 0.3) is 0 Å². The minimum Gasteiger partial charge on any atom is -0.495 e. The zero-order chi connectivity index (χ0) is 14.0. The molecule has 2 rings (SSSR count). The van der Waals surface area contributed by atoms with E-state index in [1.54, 1.807) is 6.07 Å². The van der Waals surface area contributed by atoms with Gasteiger partial charge in [0.1, 0.15) is 17.4 Å². The second-order valence-corrected chi connectivity index (χ2v) is 4.68. The van der Waals surface area contributed by atoms with Crippen LogP contribution < -0.4 is 15.8 Å². The number of rotatable bonds is 3. The monoisotopic (exact) mass is 328 g/mol. The van der Waals surface area contributed by atoms with Gasteiger partial charge >= 0.3 is 0 Å². The Morgan fingerprint density at radius 3 is 2.53 bits per heavy atom. The van der Waals surface area contributed by atoms with E-state index >= 15 is 0 Å². The van der Waals surface area contributed by atoms with Crippen LogP contribution in [0.15, 0.2) is 34.8 Å². The molecule has 0 atom stereocenters. The number of anilines is 3. The molecule has 0 aliphatic heterocycles. The van der Waals surface area contributed by atoms with E-state index in [0.29, 0.717) is 15.9 Å². The average Bonchev–Trinajstić information content (AvgIpc) is 2.37. The van der Waals surface area contributed by atoms with Gasteiger partial charge in [0.15, 0.2) is 0 Å². The first-order chi connectivity index (χ1) is 9.01. The van der Waals surface area contributed by atoms with Crippen molar-refractivity contribution in [2.45, 2.75) is 0 Å². The molecule has 0 aromatic heterocycles. The number of ether oxygens (including phenoxy) is 1. The van der Waals surface area contributed by atoms with Crippen LogP contribution in [-0.4, -0.2) is 7.11 Å². The summed E-state index contributed by atoms with van der Waals surface area (Å²) in [5.74, 6) is -0.629. The summed E-state index contributed by atoms with van der Waals surface area (Å²) in [7, 11) is 1.44. The maximum atomic E-state index is 13.7. The molecule has 3 N–H and O–H groups in total. The molecular formula is C13H11BrF2N2O. The van der Waals surface area contributed by atoms with E-state index in [9.17, 15) is 8.78 Å². The van der Waals surface area contributed by atoms with Crippen LogP contribution in [0.1, 0.15) is 0 Å². The van der Waals surface area contributed by atoms with Gasteiger partial charge in [0.25, 0.3) is 0 Å². The third-order valence-corrected chi connectivity index (χ3v) is 3.16. The van der Waals surface area contributed by atoms with Crippen molar-refractivity contribution >= 4 is 33.0 Å². The summed E-state index contributed by atoms with van der Waals surface area (Å²) in [5.41, 5.74) is 6.36. The fourth-order valence-electron chi connectivity index (χ4n) is 1.57. The highest BCUT2D eigenvalue weighted by molar-refractivity contribution is 9.10. The normalized spacial score (nSPS) is 10.3. The zero-order valence-electron chi connectivity index (χ0n) is 10.0. The Balaban J connectivity index is 2.34. The second-order valence-electron chi connectivity index (χ2n) is 3.83. The van der Waals surface area contributed by atoms with E-state index in [1.165, 1.54) is 25.3 Å². The summed E-state index contributed by atoms with van der Waals surface area (Å²) in [5, 5.41) is 2.77. The molecule has 0 fully saturated rings. The lowest BCUT2D eigenvalue weighted by atomic mass is 10.2. The molecule has 3 nitrogen and oxygen atoms in total. The molecule has 0 bridgehead atoms. The van der Waals surface area contributed by atoms with Gasteiger partial charge in [-0.1, -0.05) is 0 Å². The van der Waals surface area contributed by atoms with Gasteiger partial charge in [-0.25, -0.2) is 8.78 Å². The number of nitrogen functional groups attached to an aromatic ring is 1. The van der Waals surface area contributed by atoms with Crippen molar-refractivity contribution < 1.29 is 13.5 Å². The van der Waals surface area contributed by atoms with Gasteiger partial charge in [0.05, 0.1) is 23.0 Å². The lowest BCUT2D eigenvalue weighted by Gasteiger charge is -2.11. The van der Waals surface area contributed by atoms with E-state index in [-0.39, 0.29) is 11.4 Å². The van der Waals surface area contributed by atoms with Gasteiger partial charge in [0, 0.05) is 17.8 Å². The number of hydrogen-bond donors (Lipinski definition) is 2. The predicted octanol–water partition coefficient (Wildman–Crippen LogP) is 4.06. The van der Waals surface area contributed by atoms with Gasteiger partial charge in [0.2, 0.25) is 0 Å². The van der Waals surface area contributed by atoms with Crippen LogP contribution in [-0.2, 0) is 0 Å². The Kier molecular flexibility index (Phi) is 3.90. The third kappa shape index (κ3) is 2.96. The minimum atomic E-state index is -0.540. The van der Waals surface area contributed by atoms with E-state index < -0.39 is 11.6 Å². The first kappa shape index (κ1) is 13.6. The number of nitrogens with one attached hydrogen (secondary N) is 1. The van der Waals surface area contributed by atoms with Crippen LogP contribution in [0.2, 0.25) is 0 Å². The summed E-state index contributed by atoms with van der Waals surface area (Å²) in [6.07, 6.45) is 0. The number of methoxy groups -OCH3 is 1. The van der Waals surface area contributed by atoms with Crippen molar-refractivity contribution in [3.8, 4) is 5.75 Å². The largest absolute Gasteiger partial charge is 0.495 e. The predicted molar refractivity (Wildman–Crippen MR) is 74.7 cm³/mol.